The zero-order chi connectivity index (χ0) is 17.5. The van der Waals surface area contributed by atoms with Gasteiger partial charge in [0.05, 0.1) is 16.5 Å². The van der Waals surface area contributed by atoms with Gasteiger partial charge in [0, 0.05) is 6.07 Å². The number of carbonyl (C=O) groups is 1. The lowest BCUT2D eigenvalue weighted by atomic mass is 10.1. The number of nitro benzene ring substituents is 1. The molecule has 0 radical (unpaired) electrons. The van der Waals surface area contributed by atoms with Crippen LogP contribution in [-0.2, 0) is 4.79 Å². The van der Waals surface area contributed by atoms with Crippen LogP contribution in [0.25, 0.3) is 6.08 Å². The van der Waals surface area contributed by atoms with E-state index in [9.17, 15) is 20.2 Å². The normalized spacial score (nSPS) is 12.1. The van der Waals surface area contributed by atoms with Crippen LogP contribution < -0.4 is 5.32 Å². The summed E-state index contributed by atoms with van der Waals surface area (Å²) in [7, 11) is 0. The van der Waals surface area contributed by atoms with Gasteiger partial charge in [0.25, 0.3) is 11.6 Å². The molecule has 6 nitrogen and oxygen atoms in total. The SMILES string of the molecule is CC(NC(=O)/C(C#N)=C/c1ccccc1[N+](=O)[O-])c1ccccc1. The number of para-hydroxylation sites is 1. The van der Waals surface area contributed by atoms with Crippen molar-refractivity contribution in [2.24, 2.45) is 0 Å². The van der Waals surface area contributed by atoms with E-state index in [2.05, 4.69) is 5.32 Å². The van der Waals surface area contributed by atoms with E-state index in [1.54, 1.807) is 19.1 Å². The number of carbonyl (C=O) groups excluding carboxylic acids is 1. The van der Waals surface area contributed by atoms with Gasteiger partial charge in [0.2, 0.25) is 0 Å². The molecular weight excluding hydrogens is 306 g/mol. The average molecular weight is 321 g/mol. The lowest BCUT2D eigenvalue weighted by Gasteiger charge is -2.13. The summed E-state index contributed by atoms with van der Waals surface area (Å²) in [6.07, 6.45) is 1.23. The summed E-state index contributed by atoms with van der Waals surface area (Å²) in [6, 6.07) is 16.8. The first-order valence-corrected chi connectivity index (χ1v) is 7.24. The molecule has 24 heavy (non-hydrogen) atoms. The number of benzene rings is 2. The Morgan fingerprint density at radius 2 is 1.83 bits per heavy atom. The summed E-state index contributed by atoms with van der Waals surface area (Å²) in [5.74, 6) is -0.577. The first kappa shape index (κ1) is 16.9. The monoisotopic (exact) mass is 321 g/mol. The van der Waals surface area contributed by atoms with Crippen molar-refractivity contribution in [2.75, 3.05) is 0 Å². The third kappa shape index (κ3) is 4.05. The Morgan fingerprint density at radius 3 is 2.46 bits per heavy atom. The predicted molar refractivity (Wildman–Crippen MR) is 89.7 cm³/mol. The molecule has 0 saturated carbocycles. The standard InChI is InChI=1S/C18H15N3O3/c1-13(14-7-3-2-4-8-14)20-18(22)16(12-19)11-15-9-5-6-10-17(15)21(23)24/h2-11,13H,1H3,(H,20,22)/b16-11+. The molecule has 0 spiro atoms. The van der Waals surface area contributed by atoms with Gasteiger partial charge in [-0.1, -0.05) is 42.5 Å². The van der Waals surface area contributed by atoms with E-state index in [0.29, 0.717) is 0 Å². The second-order valence-corrected chi connectivity index (χ2v) is 5.09. The molecular formula is C18H15N3O3. The minimum absolute atomic E-state index is 0.158. The maximum Gasteiger partial charge on any atom is 0.276 e. The zero-order valence-electron chi connectivity index (χ0n) is 13.0. The molecule has 0 aliphatic carbocycles. The molecule has 2 aromatic rings. The number of amides is 1. The highest BCUT2D eigenvalue weighted by Gasteiger charge is 2.16. The van der Waals surface area contributed by atoms with Gasteiger partial charge in [-0.3, -0.25) is 14.9 Å². The van der Waals surface area contributed by atoms with Crippen LogP contribution in [0.5, 0.6) is 0 Å². The van der Waals surface area contributed by atoms with Gasteiger partial charge in [-0.2, -0.15) is 5.26 Å². The van der Waals surface area contributed by atoms with Crippen LogP contribution in [0.3, 0.4) is 0 Å². The first-order valence-electron chi connectivity index (χ1n) is 7.24. The zero-order valence-corrected chi connectivity index (χ0v) is 13.0. The van der Waals surface area contributed by atoms with Crippen molar-refractivity contribution >= 4 is 17.7 Å². The van der Waals surface area contributed by atoms with E-state index in [1.165, 1.54) is 24.3 Å². The molecule has 1 N–H and O–H groups in total. The Bertz CT molecular complexity index is 823. The van der Waals surface area contributed by atoms with Crippen molar-refractivity contribution in [2.45, 2.75) is 13.0 Å². The van der Waals surface area contributed by atoms with Crippen LogP contribution in [0.1, 0.15) is 24.1 Å². The number of nitriles is 1. The predicted octanol–water partition coefficient (Wildman–Crippen LogP) is 3.38. The molecule has 2 rings (SSSR count). The Kier molecular flexibility index (Phi) is 5.42. The van der Waals surface area contributed by atoms with Gasteiger partial charge < -0.3 is 5.32 Å². The van der Waals surface area contributed by atoms with Crippen molar-refractivity contribution in [3.8, 4) is 6.07 Å². The summed E-state index contributed by atoms with van der Waals surface area (Å²) in [5, 5.41) is 23.0. The minimum Gasteiger partial charge on any atom is -0.345 e. The second kappa shape index (κ2) is 7.70. The van der Waals surface area contributed by atoms with Crippen LogP contribution in [-0.4, -0.2) is 10.8 Å². The number of hydrogen-bond donors (Lipinski definition) is 1. The second-order valence-electron chi connectivity index (χ2n) is 5.09. The van der Waals surface area contributed by atoms with E-state index in [4.69, 9.17) is 0 Å². The number of nitrogens with zero attached hydrogens (tertiary/aromatic N) is 2. The van der Waals surface area contributed by atoms with Crippen molar-refractivity contribution in [1.82, 2.24) is 5.32 Å². The van der Waals surface area contributed by atoms with Gasteiger partial charge in [0.1, 0.15) is 11.6 Å². The quantitative estimate of drug-likeness (QED) is 0.395. The largest absolute Gasteiger partial charge is 0.345 e. The minimum atomic E-state index is -0.577. The molecule has 2 aromatic carbocycles. The van der Waals surface area contributed by atoms with Crippen molar-refractivity contribution in [3.63, 3.8) is 0 Å². The van der Waals surface area contributed by atoms with E-state index in [1.807, 2.05) is 30.3 Å². The molecule has 0 aliphatic rings. The van der Waals surface area contributed by atoms with E-state index >= 15 is 0 Å². The molecule has 0 aliphatic heterocycles. The van der Waals surface area contributed by atoms with Gasteiger partial charge in [-0.05, 0) is 24.6 Å². The number of nitrogens with one attached hydrogen (secondary N) is 1. The molecule has 0 aromatic heterocycles. The Balaban J connectivity index is 2.24. The Labute approximate surface area is 139 Å². The highest BCUT2D eigenvalue weighted by atomic mass is 16.6. The smallest absolute Gasteiger partial charge is 0.276 e. The van der Waals surface area contributed by atoms with Crippen LogP contribution in [0.15, 0.2) is 60.2 Å². The topological polar surface area (TPSA) is 96.0 Å². The van der Waals surface area contributed by atoms with Gasteiger partial charge in [-0.15, -0.1) is 0 Å². The Hall–Kier alpha value is -3.46. The number of rotatable bonds is 5. The fourth-order valence-corrected chi connectivity index (χ4v) is 2.18. The van der Waals surface area contributed by atoms with Crippen molar-refractivity contribution in [1.29, 1.82) is 5.26 Å². The first-order chi connectivity index (χ1) is 11.5. The summed E-state index contributed by atoms with van der Waals surface area (Å²) in [5.41, 5.74) is 0.761. The van der Waals surface area contributed by atoms with Gasteiger partial charge in [0.15, 0.2) is 0 Å². The van der Waals surface area contributed by atoms with Crippen LogP contribution in [0, 0.1) is 21.4 Å². The summed E-state index contributed by atoms with van der Waals surface area (Å²) < 4.78 is 0. The molecule has 0 fully saturated rings. The third-order valence-electron chi connectivity index (χ3n) is 3.45. The third-order valence-corrected chi connectivity index (χ3v) is 3.45. The highest BCUT2D eigenvalue weighted by molar-refractivity contribution is 6.02. The molecule has 0 bridgehead atoms. The fourth-order valence-electron chi connectivity index (χ4n) is 2.18. The maximum absolute atomic E-state index is 12.3. The number of nitro groups is 1. The lowest BCUT2D eigenvalue weighted by Crippen LogP contribution is -2.27. The van der Waals surface area contributed by atoms with Gasteiger partial charge in [-0.25, -0.2) is 0 Å². The molecule has 1 amide bonds. The van der Waals surface area contributed by atoms with E-state index < -0.39 is 10.8 Å². The van der Waals surface area contributed by atoms with E-state index in [0.717, 1.165) is 5.56 Å². The summed E-state index contributed by atoms with van der Waals surface area (Å²) >= 11 is 0. The average Bonchev–Trinajstić information content (AvgIpc) is 2.60. The van der Waals surface area contributed by atoms with Gasteiger partial charge >= 0.3 is 0 Å². The highest BCUT2D eigenvalue weighted by Crippen LogP contribution is 2.21. The maximum atomic E-state index is 12.3. The molecule has 1 unspecified atom stereocenters. The molecule has 120 valence electrons. The molecule has 0 saturated heterocycles. The van der Waals surface area contributed by atoms with Crippen LogP contribution in [0.2, 0.25) is 0 Å². The van der Waals surface area contributed by atoms with Crippen molar-refractivity contribution < 1.29 is 9.72 Å². The van der Waals surface area contributed by atoms with Crippen LogP contribution >= 0.6 is 0 Å². The fraction of sp³-hybridized carbons (Fsp3) is 0.111. The lowest BCUT2D eigenvalue weighted by molar-refractivity contribution is -0.385. The van der Waals surface area contributed by atoms with E-state index in [-0.39, 0.29) is 22.9 Å². The molecule has 6 heteroatoms. The summed E-state index contributed by atoms with van der Waals surface area (Å²) in [4.78, 5) is 22.7. The molecule has 0 heterocycles. The number of hydrogen-bond acceptors (Lipinski definition) is 4. The van der Waals surface area contributed by atoms with Crippen LogP contribution in [0.4, 0.5) is 5.69 Å². The summed E-state index contributed by atoms with van der Waals surface area (Å²) in [6.45, 7) is 1.80. The van der Waals surface area contributed by atoms with Crippen molar-refractivity contribution in [3.05, 3.63) is 81.4 Å². The molecule has 1 atom stereocenters. The Morgan fingerprint density at radius 1 is 1.21 bits per heavy atom.